The van der Waals surface area contributed by atoms with Crippen molar-refractivity contribution in [1.29, 1.82) is 0 Å². The molecule has 19 heavy (non-hydrogen) atoms. The van der Waals surface area contributed by atoms with Crippen LogP contribution in [0.4, 0.5) is 0 Å². The lowest BCUT2D eigenvalue weighted by Crippen LogP contribution is -2.35. The van der Waals surface area contributed by atoms with E-state index in [1.807, 2.05) is 20.8 Å². The van der Waals surface area contributed by atoms with Crippen molar-refractivity contribution in [2.75, 3.05) is 0 Å². The number of nitrogens with zero attached hydrogens (tertiary/aromatic N) is 1. The minimum atomic E-state index is -1.04. The van der Waals surface area contributed by atoms with E-state index in [0.717, 1.165) is 0 Å². The lowest BCUT2D eigenvalue weighted by molar-refractivity contribution is 0.0697. The normalized spacial score (nSPS) is 11.7. The Balaban J connectivity index is 2.89. The van der Waals surface area contributed by atoms with Gasteiger partial charge in [0, 0.05) is 5.54 Å². The Morgan fingerprint density at radius 2 is 2.00 bits per heavy atom. The van der Waals surface area contributed by atoms with Gasteiger partial charge in [-0.2, -0.15) is 0 Å². The Bertz CT molecular complexity index is 781. The molecule has 0 aliphatic heterocycles. The van der Waals surface area contributed by atoms with E-state index in [1.54, 1.807) is 0 Å². The third kappa shape index (κ3) is 2.31. The van der Waals surface area contributed by atoms with E-state index in [-0.39, 0.29) is 15.9 Å². The Kier molecular flexibility index (Phi) is 3.06. The molecule has 2 N–H and O–H groups in total. The summed E-state index contributed by atoms with van der Waals surface area (Å²) in [5.41, 5.74) is -0.103. The minimum Gasteiger partial charge on any atom is -0.478 e. The summed E-state index contributed by atoms with van der Waals surface area (Å²) >= 11 is 5.18. The number of fused-ring (bicyclic) bond motifs is 1. The van der Waals surface area contributed by atoms with Crippen LogP contribution in [0.3, 0.4) is 0 Å². The molecule has 0 atom stereocenters. The number of rotatable bonds is 1. The smallest absolute Gasteiger partial charge is 0.335 e. The highest BCUT2D eigenvalue weighted by molar-refractivity contribution is 7.71. The summed E-state index contributed by atoms with van der Waals surface area (Å²) in [7, 11) is 0. The van der Waals surface area contributed by atoms with E-state index >= 15 is 0 Å². The van der Waals surface area contributed by atoms with Crippen molar-refractivity contribution in [2.45, 2.75) is 26.3 Å². The molecule has 6 heteroatoms. The second kappa shape index (κ2) is 4.31. The fourth-order valence-electron chi connectivity index (χ4n) is 1.96. The van der Waals surface area contributed by atoms with E-state index in [1.165, 1.54) is 22.8 Å². The van der Waals surface area contributed by atoms with Crippen LogP contribution in [0.2, 0.25) is 0 Å². The molecule has 0 radical (unpaired) electrons. The molecule has 0 unspecified atom stereocenters. The van der Waals surface area contributed by atoms with E-state index < -0.39 is 11.5 Å². The van der Waals surface area contributed by atoms with Gasteiger partial charge in [0.15, 0.2) is 4.77 Å². The summed E-state index contributed by atoms with van der Waals surface area (Å²) < 4.78 is 1.78. The SMILES string of the molecule is CC(C)(C)n1c(=S)[nH]c2cc(C(=O)O)ccc2c1=O. The zero-order valence-electron chi connectivity index (χ0n) is 10.9. The number of aromatic carboxylic acids is 1. The number of H-pyrrole nitrogens is 1. The van der Waals surface area contributed by atoms with Gasteiger partial charge in [0.05, 0.1) is 16.5 Å². The van der Waals surface area contributed by atoms with Crippen molar-refractivity contribution in [2.24, 2.45) is 0 Å². The Morgan fingerprint density at radius 1 is 1.37 bits per heavy atom. The van der Waals surface area contributed by atoms with Gasteiger partial charge >= 0.3 is 5.97 Å². The van der Waals surface area contributed by atoms with Gasteiger partial charge < -0.3 is 10.1 Å². The number of carbonyl (C=O) groups is 1. The van der Waals surface area contributed by atoms with Gasteiger partial charge in [0.25, 0.3) is 5.56 Å². The van der Waals surface area contributed by atoms with Crippen LogP contribution >= 0.6 is 12.2 Å². The predicted molar refractivity (Wildman–Crippen MR) is 75.3 cm³/mol. The summed E-state index contributed by atoms with van der Waals surface area (Å²) in [5.74, 6) is -1.04. The van der Waals surface area contributed by atoms with Crippen LogP contribution in [0.5, 0.6) is 0 Å². The molecule has 0 spiro atoms. The number of nitrogens with one attached hydrogen (secondary N) is 1. The molecule has 100 valence electrons. The molecule has 0 fully saturated rings. The molecule has 0 aliphatic rings. The van der Waals surface area contributed by atoms with Crippen LogP contribution in [0.25, 0.3) is 10.9 Å². The first-order valence-corrected chi connectivity index (χ1v) is 6.15. The third-order valence-corrected chi connectivity index (χ3v) is 3.10. The van der Waals surface area contributed by atoms with Crippen molar-refractivity contribution in [3.8, 4) is 0 Å². The molecule has 1 aromatic carbocycles. The Hall–Kier alpha value is -1.95. The molecule has 5 nitrogen and oxygen atoms in total. The van der Waals surface area contributed by atoms with Gasteiger partial charge in [-0.05, 0) is 51.2 Å². The van der Waals surface area contributed by atoms with Crippen LogP contribution in [-0.4, -0.2) is 20.6 Å². The van der Waals surface area contributed by atoms with Crippen LogP contribution in [0, 0.1) is 4.77 Å². The van der Waals surface area contributed by atoms with Crippen LogP contribution in [-0.2, 0) is 5.54 Å². The van der Waals surface area contributed by atoms with Crippen LogP contribution in [0.15, 0.2) is 23.0 Å². The standard InChI is InChI=1S/C13H14N2O3S/c1-13(2,3)15-10(16)8-5-4-7(11(17)18)6-9(8)14-12(15)19/h4-6H,1-3H3,(H,14,19)(H,17,18). The summed E-state index contributed by atoms with van der Waals surface area (Å²) in [6.45, 7) is 5.65. The second-order valence-corrected chi connectivity index (χ2v) is 5.69. The molecule has 0 saturated heterocycles. The van der Waals surface area contributed by atoms with E-state index in [9.17, 15) is 9.59 Å². The number of aromatic nitrogens is 2. The van der Waals surface area contributed by atoms with Crippen molar-refractivity contribution < 1.29 is 9.90 Å². The van der Waals surface area contributed by atoms with Gasteiger partial charge in [-0.25, -0.2) is 4.79 Å². The molecule has 1 heterocycles. The van der Waals surface area contributed by atoms with Gasteiger partial charge in [0.2, 0.25) is 0 Å². The lowest BCUT2D eigenvalue weighted by atomic mass is 10.1. The summed E-state index contributed by atoms with van der Waals surface area (Å²) in [5, 5.41) is 9.37. The number of carboxylic acids is 1. The number of aromatic amines is 1. The van der Waals surface area contributed by atoms with Crippen LogP contribution in [0.1, 0.15) is 31.1 Å². The van der Waals surface area contributed by atoms with Gasteiger partial charge in [-0.3, -0.25) is 9.36 Å². The van der Waals surface area contributed by atoms with Crippen molar-refractivity contribution in [3.63, 3.8) is 0 Å². The maximum atomic E-state index is 12.4. The summed E-state index contributed by atoms with van der Waals surface area (Å²) in [6, 6.07) is 4.34. The highest BCUT2D eigenvalue weighted by atomic mass is 32.1. The average molecular weight is 278 g/mol. The molecular weight excluding hydrogens is 264 g/mol. The highest BCUT2D eigenvalue weighted by Crippen LogP contribution is 2.15. The molecule has 0 amide bonds. The Labute approximate surface area is 114 Å². The lowest BCUT2D eigenvalue weighted by Gasteiger charge is -2.22. The molecule has 2 rings (SSSR count). The highest BCUT2D eigenvalue weighted by Gasteiger charge is 2.18. The fourth-order valence-corrected chi connectivity index (χ4v) is 2.43. The number of carboxylic acid groups (broad SMARTS) is 1. The third-order valence-electron chi connectivity index (χ3n) is 2.82. The predicted octanol–water partition coefficient (Wildman–Crippen LogP) is 2.51. The van der Waals surface area contributed by atoms with E-state index in [2.05, 4.69) is 4.98 Å². The molecule has 0 bridgehead atoms. The van der Waals surface area contributed by atoms with Gasteiger partial charge in [-0.15, -0.1) is 0 Å². The topological polar surface area (TPSA) is 75.1 Å². The molecule has 0 saturated carbocycles. The minimum absolute atomic E-state index is 0.117. The summed E-state index contributed by atoms with van der Waals surface area (Å²) in [6.07, 6.45) is 0. The van der Waals surface area contributed by atoms with E-state index in [4.69, 9.17) is 17.3 Å². The first kappa shape index (κ1) is 13.5. The van der Waals surface area contributed by atoms with Crippen molar-refractivity contribution >= 4 is 29.1 Å². The number of hydrogen-bond acceptors (Lipinski definition) is 3. The fraction of sp³-hybridized carbons (Fsp3) is 0.308. The van der Waals surface area contributed by atoms with Crippen molar-refractivity contribution in [1.82, 2.24) is 9.55 Å². The van der Waals surface area contributed by atoms with Gasteiger partial charge in [0.1, 0.15) is 0 Å². The molecule has 1 aromatic heterocycles. The van der Waals surface area contributed by atoms with E-state index in [0.29, 0.717) is 10.9 Å². The zero-order valence-corrected chi connectivity index (χ0v) is 11.7. The molecule has 2 aromatic rings. The monoisotopic (exact) mass is 278 g/mol. The number of benzene rings is 1. The zero-order chi connectivity index (χ0) is 14.4. The van der Waals surface area contributed by atoms with Crippen molar-refractivity contribution in [3.05, 3.63) is 38.9 Å². The molecular formula is C13H14N2O3S. The first-order chi connectivity index (χ1) is 8.71. The number of hydrogen-bond donors (Lipinski definition) is 2. The average Bonchev–Trinajstić information content (AvgIpc) is 2.25. The largest absolute Gasteiger partial charge is 0.478 e. The Morgan fingerprint density at radius 3 is 2.53 bits per heavy atom. The molecule has 0 aliphatic carbocycles. The maximum absolute atomic E-state index is 12.4. The van der Waals surface area contributed by atoms with Gasteiger partial charge in [-0.1, -0.05) is 0 Å². The second-order valence-electron chi connectivity index (χ2n) is 5.31. The summed E-state index contributed by atoms with van der Waals surface area (Å²) in [4.78, 5) is 26.2. The van der Waals surface area contributed by atoms with Crippen LogP contribution < -0.4 is 5.56 Å². The quantitative estimate of drug-likeness (QED) is 0.786. The maximum Gasteiger partial charge on any atom is 0.335 e. The first-order valence-electron chi connectivity index (χ1n) is 5.74.